The molecule has 1 aliphatic rings. The summed E-state index contributed by atoms with van der Waals surface area (Å²) in [5, 5.41) is 0.264. The Morgan fingerprint density at radius 1 is 1.47 bits per heavy atom. The molecule has 1 amide bonds. The molecule has 0 spiro atoms. The number of carbonyl (C=O) groups is 1. The molecule has 0 radical (unpaired) electrons. The maximum absolute atomic E-state index is 12.1. The first-order valence-corrected chi connectivity index (χ1v) is 6.30. The van der Waals surface area contributed by atoms with Crippen LogP contribution in [0.2, 0.25) is 5.22 Å². The average molecular weight is 256 g/mol. The Bertz CT molecular complexity index is 419. The summed E-state index contributed by atoms with van der Waals surface area (Å²) in [7, 11) is 0. The number of hydrogen-bond donors (Lipinski definition) is 0. The lowest BCUT2D eigenvalue weighted by Gasteiger charge is -2.26. The summed E-state index contributed by atoms with van der Waals surface area (Å²) in [6, 6.07) is 3.24. The molecule has 1 aromatic heterocycles. The fourth-order valence-electron chi connectivity index (χ4n) is 2.24. The zero-order valence-corrected chi connectivity index (χ0v) is 11.3. The molecule has 1 atom stereocenters. The first-order valence-electron chi connectivity index (χ1n) is 5.92. The van der Waals surface area contributed by atoms with Gasteiger partial charge in [-0.05, 0) is 41.5 Å². The minimum atomic E-state index is -0.0522. The Morgan fingerprint density at radius 2 is 2.18 bits per heavy atom. The van der Waals surface area contributed by atoms with Gasteiger partial charge in [-0.15, -0.1) is 0 Å². The SMILES string of the molecule is CC(C)(C)C1CCN(C(=O)c2ccc(Cl)o2)C1. The van der Waals surface area contributed by atoms with Crippen molar-refractivity contribution in [3.8, 4) is 0 Å². The van der Waals surface area contributed by atoms with E-state index < -0.39 is 0 Å². The smallest absolute Gasteiger partial charge is 0.289 e. The standard InChI is InChI=1S/C13H18ClNO2/c1-13(2,3)9-6-7-15(8-9)12(16)10-4-5-11(14)17-10/h4-5,9H,6-8H2,1-3H3. The van der Waals surface area contributed by atoms with Gasteiger partial charge in [-0.2, -0.15) is 0 Å². The van der Waals surface area contributed by atoms with Crippen molar-refractivity contribution in [2.75, 3.05) is 13.1 Å². The summed E-state index contributed by atoms with van der Waals surface area (Å²) >= 11 is 5.68. The molecule has 2 heterocycles. The Hall–Kier alpha value is -0.960. The fourth-order valence-corrected chi connectivity index (χ4v) is 2.38. The fraction of sp³-hybridized carbons (Fsp3) is 0.615. The van der Waals surface area contributed by atoms with Crippen molar-refractivity contribution in [1.29, 1.82) is 0 Å². The number of furan rings is 1. The third kappa shape index (κ3) is 2.65. The lowest BCUT2D eigenvalue weighted by Crippen LogP contribution is -2.30. The van der Waals surface area contributed by atoms with Crippen molar-refractivity contribution in [3.63, 3.8) is 0 Å². The van der Waals surface area contributed by atoms with Crippen LogP contribution in [-0.2, 0) is 0 Å². The van der Waals surface area contributed by atoms with E-state index in [4.69, 9.17) is 16.0 Å². The van der Waals surface area contributed by atoms with Gasteiger partial charge in [0.1, 0.15) is 0 Å². The number of rotatable bonds is 1. The second kappa shape index (κ2) is 4.37. The lowest BCUT2D eigenvalue weighted by molar-refractivity contribution is 0.0745. The van der Waals surface area contributed by atoms with E-state index in [-0.39, 0.29) is 16.5 Å². The highest BCUT2D eigenvalue weighted by atomic mass is 35.5. The van der Waals surface area contributed by atoms with E-state index in [0.29, 0.717) is 11.7 Å². The highest BCUT2D eigenvalue weighted by Gasteiger charge is 2.34. The monoisotopic (exact) mass is 255 g/mol. The molecule has 0 bridgehead atoms. The highest BCUT2D eigenvalue weighted by molar-refractivity contribution is 6.29. The van der Waals surface area contributed by atoms with Gasteiger partial charge in [0, 0.05) is 13.1 Å². The Kier molecular flexibility index (Phi) is 3.21. The number of nitrogens with zero attached hydrogens (tertiary/aromatic N) is 1. The van der Waals surface area contributed by atoms with Crippen LogP contribution in [0.5, 0.6) is 0 Å². The quantitative estimate of drug-likeness (QED) is 0.770. The molecule has 0 N–H and O–H groups in total. The van der Waals surface area contributed by atoms with Crippen LogP contribution in [0.25, 0.3) is 0 Å². The van der Waals surface area contributed by atoms with Crippen LogP contribution in [0.15, 0.2) is 16.5 Å². The predicted octanol–water partition coefficient (Wildman–Crippen LogP) is 3.44. The number of hydrogen-bond acceptors (Lipinski definition) is 2. The van der Waals surface area contributed by atoms with E-state index in [1.807, 2.05) is 4.90 Å². The van der Waals surface area contributed by atoms with Crippen molar-refractivity contribution in [3.05, 3.63) is 23.1 Å². The Balaban J connectivity index is 2.04. The van der Waals surface area contributed by atoms with Crippen LogP contribution in [0.3, 0.4) is 0 Å². The highest BCUT2D eigenvalue weighted by Crippen LogP contribution is 2.34. The molecule has 1 saturated heterocycles. The molecule has 2 rings (SSSR count). The lowest BCUT2D eigenvalue weighted by atomic mass is 9.80. The maximum atomic E-state index is 12.1. The molecular formula is C13H18ClNO2. The first kappa shape index (κ1) is 12.5. The van der Waals surface area contributed by atoms with E-state index in [2.05, 4.69) is 20.8 Å². The van der Waals surface area contributed by atoms with Gasteiger partial charge in [-0.3, -0.25) is 4.79 Å². The van der Waals surface area contributed by atoms with Gasteiger partial charge < -0.3 is 9.32 Å². The maximum Gasteiger partial charge on any atom is 0.289 e. The van der Waals surface area contributed by atoms with E-state index in [1.54, 1.807) is 12.1 Å². The van der Waals surface area contributed by atoms with Crippen molar-refractivity contribution >= 4 is 17.5 Å². The molecule has 0 aromatic carbocycles. The van der Waals surface area contributed by atoms with Gasteiger partial charge in [0.15, 0.2) is 11.0 Å². The second-order valence-electron chi connectivity index (χ2n) is 5.71. The zero-order chi connectivity index (χ0) is 12.6. The van der Waals surface area contributed by atoms with E-state index in [9.17, 15) is 4.79 Å². The third-order valence-corrected chi connectivity index (χ3v) is 3.69. The molecule has 1 aliphatic heterocycles. The van der Waals surface area contributed by atoms with E-state index in [0.717, 1.165) is 19.5 Å². The largest absolute Gasteiger partial charge is 0.440 e. The van der Waals surface area contributed by atoms with Crippen LogP contribution < -0.4 is 0 Å². The topological polar surface area (TPSA) is 33.5 Å². The van der Waals surface area contributed by atoms with E-state index >= 15 is 0 Å². The molecule has 17 heavy (non-hydrogen) atoms. The summed E-state index contributed by atoms with van der Waals surface area (Å²) in [6.07, 6.45) is 1.06. The summed E-state index contributed by atoms with van der Waals surface area (Å²) in [5.41, 5.74) is 0.246. The summed E-state index contributed by atoms with van der Waals surface area (Å²) in [5.74, 6) is 0.838. The number of amides is 1. The van der Waals surface area contributed by atoms with Gasteiger partial charge in [0.05, 0.1) is 0 Å². The number of halogens is 1. The van der Waals surface area contributed by atoms with Gasteiger partial charge in [0.2, 0.25) is 0 Å². The van der Waals surface area contributed by atoms with Gasteiger partial charge in [0.25, 0.3) is 5.91 Å². The normalized spacial score (nSPS) is 20.9. The van der Waals surface area contributed by atoms with Crippen LogP contribution in [0.1, 0.15) is 37.7 Å². The zero-order valence-electron chi connectivity index (χ0n) is 10.5. The van der Waals surface area contributed by atoms with Crippen LogP contribution in [-0.4, -0.2) is 23.9 Å². The van der Waals surface area contributed by atoms with Crippen molar-refractivity contribution in [2.45, 2.75) is 27.2 Å². The molecular weight excluding hydrogens is 238 g/mol. The Morgan fingerprint density at radius 3 is 2.65 bits per heavy atom. The average Bonchev–Trinajstić information content (AvgIpc) is 2.83. The van der Waals surface area contributed by atoms with Crippen molar-refractivity contribution < 1.29 is 9.21 Å². The van der Waals surface area contributed by atoms with E-state index in [1.165, 1.54) is 0 Å². The van der Waals surface area contributed by atoms with Gasteiger partial charge in [-0.25, -0.2) is 0 Å². The molecule has 1 fully saturated rings. The minimum Gasteiger partial charge on any atom is -0.440 e. The molecule has 1 unspecified atom stereocenters. The molecule has 4 heteroatoms. The Labute approximate surface area is 107 Å². The predicted molar refractivity (Wildman–Crippen MR) is 67.2 cm³/mol. The van der Waals surface area contributed by atoms with Crippen LogP contribution in [0, 0.1) is 11.3 Å². The molecule has 94 valence electrons. The summed E-state index contributed by atoms with van der Waals surface area (Å²) in [6.45, 7) is 8.26. The first-order chi connectivity index (χ1) is 7.88. The van der Waals surface area contributed by atoms with Crippen LogP contribution in [0.4, 0.5) is 0 Å². The van der Waals surface area contributed by atoms with Gasteiger partial charge in [-0.1, -0.05) is 20.8 Å². The minimum absolute atomic E-state index is 0.0522. The van der Waals surface area contributed by atoms with Gasteiger partial charge >= 0.3 is 0 Å². The summed E-state index contributed by atoms with van der Waals surface area (Å²) in [4.78, 5) is 14.0. The van der Waals surface area contributed by atoms with Crippen molar-refractivity contribution in [1.82, 2.24) is 4.90 Å². The van der Waals surface area contributed by atoms with Crippen LogP contribution >= 0.6 is 11.6 Å². The van der Waals surface area contributed by atoms with Crippen molar-refractivity contribution in [2.24, 2.45) is 11.3 Å². The second-order valence-corrected chi connectivity index (χ2v) is 6.08. The molecule has 0 aliphatic carbocycles. The summed E-state index contributed by atoms with van der Waals surface area (Å²) < 4.78 is 5.15. The molecule has 0 saturated carbocycles. The number of likely N-dealkylation sites (tertiary alicyclic amines) is 1. The molecule has 1 aromatic rings. The third-order valence-electron chi connectivity index (χ3n) is 3.48. The molecule has 3 nitrogen and oxygen atoms in total. The number of carbonyl (C=O) groups excluding carboxylic acids is 1.